The Bertz CT molecular complexity index is 625. The molecule has 0 aromatic heterocycles. The van der Waals surface area contributed by atoms with E-state index in [0.29, 0.717) is 31.2 Å². The summed E-state index contributed by atoms with van der Waals surface area (Å²) in [5.41, 5.74) is 0.897. The van der Waals surface area contributed by atoms with E-state index in [1.165, 1.54) is 0 Å². The monoisotopic (exact) mass is 368 g/mol. The Balaban J connectivity index is 1.82. The van der Waals surface area contributed by atoms with Crippen molar-refractivity contribution in [2.75, 3.05) is 26.7 Å². The molecule has 0 aliphatic carbocycles. The normalized spacial score (nSPS) is 17.5. The lowest BCUT2D eigenvalue weighted by Crippen LogP contribution is -2.44. The van der Waals surface area contributed by atoms with Crippen LogP contribution in [-0.4, -0.2) is 56.0 Å². The fourth-order valence-corrected chi connectivity index (χ4v) is 2.81. The van der Waals surface area contributed by atoms with Crippen LogP contribution in [0, 0.1) is 0 Å². The number of rotatable bonds is 7. The molecule has 0 bridgehead atoms. The van der Waals surface area contributed by atoms with Gasteiger partial charge in [0.25, 0.3) is 6.43 Å². The molecule has 1 atom stereocenters. The Labute approximate surface area is 152 Å². The Kier molecular flexibility index (Phi) is 7.62. The molecule has 144 valence electrons. The number of amides is 1. The van der Waals surface area contributed by atoms with Gasteiger partial charge in [0.2, 0.25) is 5.91 Å². The number of likely N-dealkylation sites (tertiary alicyclic amines) is 1. The molecule has 2 rings (SSSR count). The summed E-state index contributed by atoms with van der Waals surface area (Å²) in [7, 11) is 1.68. The Morgan fingerprint density at radius 1 is 1.46 bits per heavy atom. The van der Waals surface area contributed by atoms with Gasteiger partial charge in [-0.15, -0.1) is 0 Å². The fraction of sp³-hybridized carbons (Fsp3) is 0.556. The van der Waals surface area contributed by atoms with Crippen molar-refractivity contribution in [3.8, 4) is 5.75 Å². The van der Waals surface area contributed by atoms with E-state index in [2.05, 4.69) is 15.6 Å². The minimum absolute atomic E-state index is 0.164. The molecule has 1 aromatic carbocycles. The number of carbonyl (C=O) groups excluding carboxylic acids is 1. The largest absolute Gasteiger partial charge is 0.488 e. The molecular formula is C18H26F2N4O2. The lowest BCUT2D eigenvalue weighted by atomic mass is 10.2. The standard InChI is InChI=1S/C18H26F2N4O2/c1-3-17(25)24-8-7-14(11-24)23-18(21-2)22-10-13-5-4-6-15(9-13)26-12-16(19)20/h4-6,9,14,16H,3,7-8,10-12H2,1-2H3,(H2,21,22,23). The average Bonchev–Trinajstić information content (AvgIpc) is 3.11. The summed E-state index contributed by atoms with van der Waals surface area (Å²) < 4.78 is 29.5. The smallest absolute Gasteiger partial charge is 0.272 e. The fourth-order valence-electron chi connectivity index (χ4n) is 2.81. The van der Waals surface area contributed by atoms with Gasteiger partial charge in [-0.3, -0.25) is 9.79 Å². The van der Waals surface area contributed by atoms with E-state index in [-0.39, 0.29) is 11.9 Å². The summed E-state index contributed by atoms with van der Waals surface area (Å²) in [6, 6.07) is 7.18. The molecule has 1 aliphatic heterocycles. The van der Waals surface area contributed by atoms with Gasteiger partial charge in [-0.25, -0.2) is 8.78 Å². The van der Waals surface area contributed by atoms with Crippen molar-refractivity contribution in [2.45, 2.75) is 38.8 Å². The molecule has 0 radical (unpaired) electrons. The molecule has 8 heteroatoms. The second-order valence-electron chi connectivity index (χ2n) is 6.10. The van der Waals surface area contributed by atoms with E-state index in [0.717, 1.165) is 18.5 Å². The first kappa shape index (κ1) is 19.9. The lowest BCUT2D eigenvalue weighted by molar-refractivity contribution is -0.129. The molecule has 1 heterocycles. The van der Waals surface area contributed by atoms with Crippen LogP contribution < -0.4 is 15.4 Å². The first-order chi connectivity index (χ1) is 12.5. The number of alkyl halides is 2. The van der Waals surface area contributed by atoms with E-state index in [1.807, 2.05) is 17.9 Å². The summed E-state index contributed by atoms with van der Waals surface area (Å²) in [6.45, 7) is 3.16. The van der Waals surface area contributed by atoms with Gasteiger partial charge in [-0.05, 0) is 24.1 Å². The third-order valence-electron chi connectivity index (χ3n) is 4.14. The van der Waals surface area contributed by atoms with Crippen molar-refractivity contribution < 1.29 is 18.3 Å². The Hall–Kier alpha value is -2.38. The summed E-state index contributed by atoms with van der Waals surface area (Å²) in [5.74, 6) is 1.22. The van der Waals surface area contributed by atoms with Gasteiger partial charge >= 0.3 is 0 Å². The Morgan fingerprint density at radius 2 is 2.27 bits per heavy atom. The van der Waals surface area contributed by atoms with Gasteiger partial charge in [0.15, 0.2) is 5.96 Å². The predicted octanol–water partition coefficient (Wildman–Crippen LogP) is 2.01. The molecule has 0 saturated carbocycles. The molecule has 1 aromatic rings. The number of nitrogens with zero attached hydrogens (tertiary/aromatic N) is 2. The van der Waals surface area contributed by atoms with Gasteiger partial charge in [0.1, 0.15) is 12.4 Å². The van der Waals surface area contributed by atoms with Crippen LogP contribution in [0.5, 0.6) is 5.75 Å². The number of hydrogen-bond donors (Lipinski definition) is 2. The van der Waals surface area contributed by atoms with E-state index in [9.17, 15) is 13.6 Å². The van der Waals surface area contributed by atoms with Gasteiger partial charge in [0, 0.05) is 39.1 Å². The summed E-state index contributed by atoms with van der Waals surface area (Å²) in [4.78, 5) is 17.8. The highest BCUT2D eigenvalue weighted by molar-refractivity contribution is 5.80. The van der Waals surface area contributed by atoms with Crippen molar-refractivity contribution >= 4 is 11.9 Å². The molecule has 1 unspecified atom stereocenters. The third-order valence-corrected chi connectivity index (χ3v) is 4.14. The average molecular weight is 368 g/mol. The van der Waals surface area contributed by atoms with E-state index >= 15 is 0 Å². The minimum Gasteiger partial charge on any atom is -0.488 e. The maximum absolute atomic E-state index is 12.2. The molecular weight excluding hydrogens is 342 g/mol. The summed E-state index contributed by atoms with van der Waals surface area (Å²) >= 11 is 0. The molecule has 6 nitrogen and oxygen atoms in total. The van der Waals surface area contributed by atoms with Crippen LogP contribution in [0.4, 0.5) is 8.78 Å². The van der Waals surface area contributed by atoms with Crippen LogP contribution in [-0.2, 0) is 11.3 Å². The maximum Gasteiger partial charge on any atom is 0.272 e. The van der Waals surface area contributed by atoms with Crippen LogP contribution in [0.15, 0.2) is 29.3 Å². The van der Waals surface area contributed by atoms with E-state index in [4.69, 9.17) is 4.74 Å². The van der Waals surface area contributed by atoms with Gasteiger partial charge in [-0.2, -0.15) is 0 Å². The zero-order valence-electron chi connectivity index (χ0n) is 15.2. The Morgan fingerprint density at radius 3 is 2.96 bits per heavy atom. The quantitative estimate of drug-likeness (QED) is 0.571. The van der Waals surface area contributed by atoms with Crippen LogP contribution in [0.2, 0.25) is 0 Å². The minimum atomic E-state index is -2.50. The maximum atomic E-state index is 12.2. The first-order valence-electron chi connectivity index (χ1n) is 8.76. The zero-order valence-corrected chi connectivity index (χ0v) is 15.2. The van der Waals surface area contributed by atoms with E-state index < -0.39 is 13.0 Å². The number of aliphatic imine (C=N–C) groups is 1. The van der Waals surface area contributed by atoms with Gasteiger partial charge < -0.3 is 20.3 Å². The highest BCUT2D eigenvalue weighted by Gasteiger charge is 2.25. The first-order valence-corrected chi connectivity index (χ1v) is 8.76. The highest BCUT2D eigenvalue weighted by atomic mass is 19.3. The van der Waals surface area contributed by atoms with Crippen molar-refractivity contribution in [1.82, 2.24) is 15.5 Å². The van der Waals surface area contributed by atoms with Gasteiger partial charge in [-0.1, -0.05) is 19.1 Å². The number of guanidine groups is 1. The van der Waals surface area contributed by atoms with Crippen LogP contribution in [0.3, 0.4) is 0 Å². The SMILES string of the molecule is CCC(=O)N1CCC(NC(=NC)NCc2cccc(OCC(F)F)c2)C1. The number of halogens is 2. The zero-order chi connectivity index (χ0) is 18.9. The van der Waals surface area contributed by atoms with Crippen LogP contribution >= 0.6 is 0 Å². The molecule has 2 N–H and O–H groups in total. The number of ether oxygens (including phenoxy) is 1. The van der Waals surface area contributed by atoms with Gasteiger partial charge in [0.05, 0.1) is 0 Å². The summed E-state index contributed by atoms with van der Waals surface area (Å²) in [5, 5.41) is 6.51. The van der Waals surface area contributed by atoms with Crippen LogP contribution in [0.25, 0.3) is 0 Å². The van der Waals surface area contributed by atoms with Crippen molar-refractivity contribution in [3.63, 3.8) is 0 Å². The number of nitrogens with one attached hydrogen (secondary N) is 2. The van der Waals surface area contributed by atoms with Crippen molar-refractivity contribution in [3.05, 3.63) is 29.8 Å². The number of carbonyl (C=O) groups is 1. The molecule has 1 aliphatic rings. The predicted molar refractivity (Wildman–Crippen MR) is 96.6 cm³/mol. The number of benzene rings is 1. The lowest BCUT2D eigenvalue weighted by Gasteiger charge is -2.19. The molecule has 26 heavy (non-hydrogen) atoms. The molecule has 1 fully saturated rings. The molecule has 0 spiro atoms. The van der Waals surface area contributed by atoms with Crippen LogP contribution in [0.1, 0.15) is 25.3 Å². The number of hydrogen-bond acceptors (Lipinski definition) is 3. The molecule has 1 saturated heterocycles. The molecule has 1 amide bonds. The highest BCUT2D eigenvalue weighted by Crippen LogP contribution is 2.14. The second-order valence-corrected chi connectivity index (χ2v) is 6.10. The summed E-state index contributed by atoms with van der Waals surface area (Å²) in [6.07, 6.45) is -1.10. The van der Waals surface area contributed by atoms with Crippen molar-refractivity contribution in [2.24, 2.45) is 4.99 Å². The van der Waals surface area contributed by atoms with E-state index in [1.54, 1.807) is 25.2 Å². The van der Waals surface area contributed by atoms with Crippen molar-refractivity contribution in [1.29, 1.82) is 0 Å². The third kappa shape index (κ3) is 6.16. The second kappa shape index (κ2) is 9.94. The topological polar surface area (TPSA) is 66.0 Å².